The first-order chi connectivity index (χ1) is 15.9. The Morgan fingerprint density at radius 2 is 1.91 bits per heavy atom. The Morgan fingerprint density at radius 1 is 1.21 bits per heavy atom. The summed E-state index contributed by atoms with van der Waals surface area (Å²) in [6.07, 6.45) is 7.59. The van der Waals surface area contributed by atoms with Crippen LogP contribution < -0.4 is 10.1 Å². The number of allylic oxidation sites excluding steroid dienone is 1. The van der Waals surface area contributed by atoms with E-state index in [4.69, 9.17) is 4.74 Å². The third kappa shape index (κ3) is 3.98. The van der Waals surface area contributed by atoms with Crippen molar-refractivity contribution in [2.45, 2.75) is 85.8 Å². The minimum atomic E-state index is -0.904. The summed E-state index contributed by atoms with van der Waals surface area (Å²) >= 11 is 4.57. The van der Waals surface area contributed by atoms with Crippen LogP contribution in [-0.4, -0.2) is 46.0 Å². The standard InChI is InChI=1S/C28H38N2O3S/c1-16-17(2)25-21(18(3)24(16)31)11-12-28(7,33-25)26(32)29-13-8-14-30-19(4)27(5,6)22-15-20(34)9-10-23(22)30/h9,15,23H,8,10-14H2,1-7H3,(H2-,29,31,32,34)/p+1. The van der Waals surface area contributed by atoms with Crippen molar-refractivity contribution in [1.82, 2.24) is 5.32 Å². The highest BCUT2D eigenvalue weighted by atomic mass is 32.1. The van der Waals surface area contributed by atoms with E-state index in [1.54, 1.807) is 0 Å². The number of thiol groups is 1. The molecule has 2 heterocycles. The fourth-order valence-electron chi connectivity index (χ4n) is 5.74. The van der Waals surface area contributed by atoms with Gasteiger partial charge in [0, 0.05) is 48.8 Å². The van der Waals surface area contributed by atoms with Crippen LogP contribution in [0.2, 0.25) is 0 Å². The zero-order chi connectivity index (χ0) is 25.0. The van der Waals surface area contributed by atoms with Gasteiger partial charge >= 0.3 is 0 Å². The van der Waals surface area contributed by atoms with E-state index in [-0.39, 0.29) is 11.3 Å². The number of phenols is 1. The summed E-state index contributed by atoms with van der Waals surface area (Å²) in [6.45, 7) is 16.0. The van der Waals surface area contributed by atoms with Crippen LogP contribution in [0.1, 0.15) is 69.2 Å². The van der Waals surface area contributed by atoms with E-state index in [1.165, 1.54) is 11.3 Å². The topological polar surface area (TPSA) is 61.6 Å². The molecule has 0 saturated heterocycles. The van der Waals surface area contributed by atoms with E-state index in [1.807, 2.05) is 27.7 Å². The lowest BCUT2D eigenvalue weighted by molar-refractivity contribution is -0.551. The number of amides is 1. The van der Waals surface area contributed by atoms with Crippen molar-refractivity contribution in [3.8, 4) is 11.5 Å². The maximum absolute atomic E-state index is 13.2. The third-order valence-electron chi connectivity index (χ3n) is 8.51. The monoisotopic (exact) mass is 483 g/mol. The predicted octanol–water partition coefficient (Wildman–Crippen LogP) is 4.93. The lowest BCUT2D eigenvalue weighted by Crippen LogP contribution is -2.51. The van der Waals surface area contributed by atoms with Gasteiger partial charge in [-0.1, -0.05) is 6.08 Å². The van der Waals surface area contributed by atoms with Crippen LogP contribution in [0.3, 0.4) is 0 Å². The number of hydrogen-bond acceptors (Lipinski definition) is 4. The molecule has 6 heteroatoms. The van der Waals surface area contributed by atoms with E-state index in [9.17, 15) is 9.90 Å². The summed E-state index contributed by atoms with van der Waals surface area (Å²) < 4.78 is 8.83. The Kier molecular flexibility index (Phi) is 6.43. The van der Waals surface area contributed by atoms with E-state index >= 15 is 0 Å². The van der Waals surface area contributed by atoms with E-state index in [0.717, 1.165) is 52.3 Å². The molecule has 0 fully saturated rings. The van der Waals surface area contributed by atoms with Crippen LogP contribution in [-0.2, 0) is 11.2 Å². The second-order valence-electron chi connectivity index (χ2n) is 10.9. The summed E-state index contributed by atoms with van der Waals surface area (Å²) in [6, 6.07) is 0.392. The highest BCUT2D eigenvalue weighted by Gasteiger charge is 2.48. The van der Waals surface area contributed by atoms with Crippen LogP contribution in [0.15, 0.2) is 22.6 Å². The molecular formula is C28H39N2O3S+. The van der Waals surface area contributed by atoms with Gasteiger partial charge in [-0.15, -0.1) is 12.6 Å². The predicted molar refractivity (Wildman–Crippen MR) is 140 cm³/mol. The molecule has 2 aliphatic heterocycles. The maximum atomic E-state index is 13.2. The van der Waals surface area contributed by atoms with Gasteiger partial charge < -0.3 is 15.2 Å². The molecule has 2 N–H and O–H groups in total. The van der Waals surface area contributed by atoms with E-state index < -0.39 is 5.60 Å². The van der Waals surface area contributed by atoms with Crippen molar-refractivity contribution >= 4 is 24.2 Å². The van der Waals surface area contributed by atoms with Crippen LogP contribution in [0.4, 0.5) is 0 Å². The smallest absolute Gasteiger partial charge is 0.263 e. The highest BCUT2D eigenvalue weighted by Crippen LogP contribution is 2.44. The molecule has 3 aliphatic rings. The quantitative estimate of drug-likeness (QED) is 0.316. The first-order valence-corrected chi connectivity index (χ1v) is 12.8. The Hall–Kier alpha value is -2.21. The lowest BCUT2D eigenvalue weighted by atomic mass is 9.78. The number of hydrogen-bond donors (Lipinski definition) is 3. The van der Waals surface area contributed by atoms with Gasteiger partial charge in [-0.2, -0.15) is 0 Å². The molecule has 4 rings (SSSR count). The van der Waals surface area contributed by atoms with Gasteiger partial charge in [0.2, 0.25) is 0 Å². The first-order valence-electron chi connectivity index (χ1n) is 12.4. The van der Waals surface area contributed by atoms with Crippen molar-refractivity contribution in [3.05, 3.63) is 44.9 Å². The van der Waals surface area contributed by atoms with Crippen molar-refractivity contribution in [2.24, 2.45) is 5.41 Å². The van der Waals surface area contributed by atoms with Gasteiger partial charge in [0.25, 0.3) is 5.91 Å². The Morgan fingerprint density at radius 3 is 2.62 bits per heavy atom. The van der Waals surface area contributed by atoms with Crippen LogP contribution in [0.5, 0.6) is 11.5 Å². The maximum Gasteiger partial charge on any atom is 0.263 e. The molecule has 1 amide bonds. The number of nitrogens with zero attached hydrogens (tertiary/aromatic N) is 1. The van der Waals surface area contributed by atoms with E-state index in [2.05, 4.69) is 55.4 Å². The zero-order valence-corrected chi connectivity index (χ0v) is 22.5. The minimum Gasteiger partial charge on any atom is -0.507 e. The molecule has 0 spiro atoms. The molecule has 0 saturated carbocycles. The summed E-state index contributed by atoms with van der Waals surface area (Å²) in [5, 5.41) is 13.5. The molecule has 0 radical (unpaired) electrons. The molecule has 184 valence electrons. The summed E-state index contributed by atoms with van der Waals surface area (Å²) in [5.41, 5.74) is 5.56. The summed E-state index contributed by atoms with van der Waals surface area (Å²) in [7, 11) is 0. The van der Waals surface area contributed by atoms with Crippen molar-refractivity contribution in [1.29, 1.82) is 0 Å². The number of rotatable bonds is 5. The molecule has 1 aliphatic carbocycles. The van der Waals surface area contributed by atoms with Crippen molar-refractivity contribution in [2.75, 3.05) is 13.1 Å². The fraction of sp³-hybridized carbons (Fsp3) is 0.571. The van der Waals surface area contributed by atoms with Gasteiger partial charge in [-0.3, -0.25) is 4.79 Å². The number of carbonyl (C=O) groups is 1. The van der Waals surface area contributed by atoms with Gasteiger partial charge in [-0.25, -0.2) is 4.58 Å². The second kappa shape index (κ2) is 8.78. The molecule has 0 bridgehead atoms. The number of nitrogens with one attached hydrogen (secondary N) is 1. The number of fused-ring (bicyclic) bond motifs is 2. The Bertz CT molecular complexity index is 1150. The Balaban J connectivity index is 1.39. The molecule has 2 unspecified atom stereocenters. The molecule has 0 aromatic heterocycles. The van der Waals surface area contributed by atoms with Crippen LogP contribution in [0.25, 0.3) is 0 Å². The second-order valence-corrected chi connectivity index (χ2v) is 11.4. The molecule has 1 aromatic rings. The highest BCUT2D eigenvalue weighted by molar-refractivity contribution is 7.84. The minimum absolute atomic E-state index is 0.0372. The SMILES string of the molecule is CC1=[N+](CCCNC(=O)C2(C)CCc3c(C)c(O)c(C)c(C)c3O2)C2CC=C(S)C=C2C1(C)C. The number of ether oxygens (including phenoxy) is 1. The van der Waals surface area contributed by atoms with Crippen LogP contribution in [0, 0.1) is 26.2 Å². The summed E-state index contributed by atoms with van der Waals surface area (Å²) in [5.74, 6) is 1.03. The normalized spacial score (nSPS) is 25.2. The van der Waals surface area contributed by atoms with E-state index in [0.29, 0.717) is 31.2 Å². The first kappa shape index (κ1) is 24.9. The van der Waals surface area contributed by atoms with Crippen molar-refractivity contribution in [3.63, 3.8) is 0 Å². The molecule has 34 heavy (non-hydrogen) atoms. The number of benzene rings is 1. The van der Waals surface area contributed by atoms with Gasteiger partial charge in [-0.05, 0) is 70.7 Å². The largest absolute Gasteiger partial charge is 0.507 e. The third-order valence-corrected chi connectivity index (χ3v) is 8.82. The number of carbonyl (C=O) groups excluding carboxylic acids is 1. The molecule has 5 nitrogen and oxygen atoms in total. The zero-order valence-electron chi connectivity index (χ0n) is 21.6. The lowest BCUT2D eigenvalue weighted by Gasteiger charge is -2.36. The van der Waals surface area contributed by atoms with Crippen molar-refractivity contribution < 1.29 is 19.2 Å². The van der Waals surface area contributed by atoms with Gasteiger partial charge in [0.05, 0.1) is 5.41 Å². The van der Waals surface area contributed by atoms with Crippen LogP contribution >= 0.6 is 12.6 Å². The average Bonchev–Trinajstić information content (AvgIpc) is 2.98. The summed E-state index contributed by atoms with van der Waals surface area (Å²) in [4.78, 5) is 14.2. The van der Waals surface area contributed by atoms with Gasteiger partial charge in [0.1, 0.15) is 18.0 Å². The molecule has 2 atom stereocenters. The number of phenolic OH excluding ortho intramolecular Hbond substituents is 1. The molecular weight excluding hydrogens is 444 g/mol. The number of aromatic hydroxyl groups is 1. The average molecular weight is 484 g/mol. The van der Waals surface area contributed by atoms with Gasteiger partial charge in [0.15, 0.2) is 17.4 Å². The fourth-order valence-corrected chi connectivity index (χ4v) is 5.98. The Labute approximate surface area is 209 Å². The molecule has 1 aromatic carbocycles.